The molecule has 9 heteroatoms. The zero-order valence-corrected chi connectivity index (χ0v) is 23.1. The molecule has 3 aromatic rings. The molecule has 38 heavy (non-hydrogen) atoms. The summed E-state index contributed by atoms with van der Waals surface area (Å²) in [7, 11) is -2.63. The third kappa shape index (κ3) is 7.13. The van der Waals surface area contributed by atoms with Gasteiger partial charge in [-0.25, -0.2) is 8.42 Å². The molecule has 3 aromatic carbocycles. The predicted molar refractivity (Wildman–Crippen MR) is 148 cm³/mol. The quantitative estimate of drug-likeness (QED) is 0.375. The van der Waals surface area contributed by atoms with Crippen LogP contribution < -0.4 is 14.4 Å². The van der Waals surface area contributed by atoms with E-state index >= 15 is 0 Å². The third-order valence-electron chi connectivity index (χ3n) is 6.14. The van der Waals surface area contributed by atoms with Crippen molar-refractivity contribution >= 4 is 27.5 Å². The Morgan fingerprint density at radius 1 is 0.974 bits per heavy atom. The van der Waals surface area contributed by atoms with E-state index in [4.69, 9.17) is 4.74 Å². The van der Waals surface area contributed by atoms with Crippen LogP contribution in [0.4, 0.5) is 5.69 Å². The molecule has 0 aliphatic heterocycles. The zero-order chi connectivity index (χ0) is 27.7. The molecular weight excluding hydrogens is 502 g/mol. The van der Waals surface area contributed by atoms with Crippen LogP contribution in [0.1, 0.15) is 31.4 Å². The fourth-order valence-corrected chi connectivity index (χ4v) is 5.31. The smallest absolute Gasteiger partial charge is 0.264 e. The second-order valence-corrected chi connectivity index (χ2v) is 10.9. The van der Waals surface area contributed by atoms with E-state index in [1.54, 1.807) is 49.4 Å². The molecule has 1 atom stereocenters. The monoisotopic (exact) mass is 537 g/mol. The Balaban J connectivity index is 2.02. The number of ether oxygens (including phenoxy) is 1. The molecule has 1 N–H and O–H groups in total. The van der Waals surface area contributed by atoms with Gasteiger partial charge in [0.25, 0.3) is 10.0 Å². The molecule has 0 spiro atoms. The van der Waals surface area contributed by atoms with Crippen LogP contribution >= 0.6 is 0 Å². The van der Waals surface area contributed by atoms with Gasteiger partial charge in [0.2, 0.25) is 11.8 Å². The molecule has 0 aromatic heterocycles. The lowest BCUT2D eigenvalue weighted by molar-refractivity contribution is -0.139. The topological polar surface area (TPSA) is 96.0 Å². The Hall–Kier alpha value is -3.85. The number of sulfonamides is 1. The van der Waals surface area contributed by atoms with Crippen molar-refractivity contribution in [2.45, 2.75) is 44.7 Å². The average Bonchev–Trinajstić information content (AvgIpc) is 2.94. The van der Waals surface area contributed by atoms with E-state index in [-0.39, 0.29) is 23.0 Å². The lowest BCUT2D eigenvalue weighted by Gasteiger charge is -2.32. The number of anilines is 1. The maximum atomic E-state index is 13.9. The summed E-state index contributed by atoms with van der Waals surface area (Å²) < 4.78 is 33.9. The fourth-order valence-electron chi connectivity index (χ4n) is 3.88. The molecular formula is C29H35N3O5S. The third-order valence-corrected chi connectivity index (χ3v) is 7.93. The van der Waals surface area contributed by atoms with Gasteiger partial charge in [-0.3, -0.25) is 13.9 Å². The number of carbonyl (C=O) groups is 2. The van der Waals surface area contributed by atoms with E-state index in [0.29, 0.717) is 12.3 Å². The average molecular weight is 538 g/mol. The molecule has 0 radical (unpaired) electrons. The molecule has 8 nitrogen and oxygen atoms in total. The van der Waals surface area contributed by atoms with Gasteiger partial charge in [0.1, 0.15) is 18.3 Å². The first-order valence-electron chi connectivity index (χ1n) is 12.5. The molecule has 0 bridgehead atoms. The first-order chi connectivity index (χ1) is 18.2. The molecule has 0 heterocycles. The van der Waals surface area contributed by atoms with E-state index in [1.165, 1.54) is 24.1 Å². The number of hydrogen-bond acceptors (Lipinski definition) is 5. The normalized spacial score (nSPS) is 11.9. The van der Waals surface area contributed by atoms with E-state index < -0.39 is 28.5 Å². The van der Waals surface area contributed by atoms with Crippen molar-refractivity contribution in [3.05, 3.63) is 90.0 Å². The van der Waals surface area contributed by atoms with Crippen LogP contribution in [0.2, 0.25) is 0 Å². The highest BCUT2D eigenvalue weighted by Crippen LogP contribution is 2.27. The Bertz CT molecular complexity index is 1330. The van der Waals surface area contributed by atoms with Crippen LogP contribution in [0.15, 0.2) is 83.8 Å². The highest BCUT2D eigenvalue weighted by molar-refractivity contribution is 7.92. The van der Waals surface area contributed by atoms with E-state index in [1.807, 2.05) is 38.1 Å². The number of hydrogen-bond donors (Lipinski definition) is 1. The van der Waals surface area contributed by atoms with Gasteiger partial charge < -0.3 is 15.0 Å². The molecule has 0 aliphatic carbocycles. The Kier molecular flexibility index (Phi) is 9.90. The van der Waals surface area contributed by atoms with Crippen molar-refractivity contribution < 1.29 is 22.7 Å². The SMILES string of the molecule is CCCNC(=O)C(C)N(Cc1ccc(C)cc1)C(=O)CN(c1cccc(OC)c1)S(=O)(=O)c1ccccc1. The summed E-state index contributed by atoms with van der Waals surface area (Å²) in [4.78, 5) is 28.2. The van der Waals surface area contributed by atoms with Gasteiger partial charge in [0.05, 0.1) is 17.7 Å². The second-order valence-electron chi connectivity index (χ2n) is 9.00. The van der Waals surface area contributed by atoms with Crippen molar-refractivity contribution in [3.8, 4) is 5.75 Å². The second kappa shape index (κ2) is 13.1. The number of aryl methyl sites for hydroxylation is 1. The highest BCUT2D eigenvalue weighted by atomic mass is 32.2. The van der Waals surface area contributed by atoms with Crippen molar-refractivity contribution in [2.24, 2.45) is 0 Å². The summed E-state index contributed by atoms with van der Waals surface area (Å²) in [5.74, 6) is -0.356. The molecule has 0 aliphatic rings. The van der Waals surface area contributed by atoms with Gasteiger partial charge in [-0.2, -0.15) is 0 Å². The van der Waals surface area contributed by atoms with Crippen LogP contribution in [0.5, 0.6) is 5.75 Å². The zero-order valence-electron chi connectivity index (χ0n) is 22.3. The summed E-state index contributed by atoms with van der Waals surface area (Å²) in [5, 5.41) is 2.84. The van der Waals surface area contributed by atoms with Crippen LogP contribution in [-0.4, -0.2) is 51.4 Å². The van der Waals surface area contributed by atoms with Gasteiger partial charge >= 0.3 is 0 Å². The molecule has 202 valence electrons. The van der Waals surface area contributed by atoms with Gasteiger partial charge in [-0.1, -0.05) is 61.0 Å². The van der Waals surface area contributed by atoms with Gasteiger partial charge in [-0.15, -0.1) is 0 Å². The summed E-state index contributed by atoms with van der Waals surface area (Å²) in [5.41, 5.74) is 2.18. The number of benzene rings is 3. The fraction of sp³-hybridized carbons (Fsp3) is 0.310. The van der Waals surface area contributed by atoms with Crippen molar-refractivity contribution in [2.75, 3.05) is 24.5 Å². The minimum atomic E-state index is -4.12. The first kappa shape index (κ1) is 28.7. The molecule has 0 saturated carbocycles. The molecule has 2 amide bonds. The van der Waals surface area contributed by atoms with Gasteiger partial charge in [0, 0.05) is 19.2 Å². The number of amides is 2. The summed E-state index contributed by atoms with van der Waals surface area (Å²) in [6.45, 7) is 5.69. The highest BCUT2D eigenvalue weighted by Gasteiger charge is 2.32. The molecule has 0 fully saturated rings. The molecule has 0 saturated heterocycles. The summed E-state index contributed by atoms with van der Waals surface area (Å²) in [6.07, 6.45) is 0.753. The number of nitrogens with zero attached hydrogens (tertiary/aromatic N) is 2. The first-order valence-corrected chi connectivity index (χ1v) is 14.0. The lowest BCUT2D eigenvalue weighted by atomic mass is 10.1. The summed E-state index contributed by atoms with van der Waals surface area (Å²) in [6, 6.07) is 21.3. The molecule has 3 rings (SSSR count). The predicted octanol–water partition coefficient (Wildman–Crippen LogP) is 4.14. The Morgan fingerprint density at radius 2 is 1.66 bits per heavy atom. The van der Waals surface area contributed by atoms with Crippen molar-refractivity contribution in [1.82, 2.24) is 10.2 Å². The molecule has 1 unspecified atom stereocenters. The van der Waals surface area contributed by atoms with E-state index in [0.717, 1.165) is 21.9 Å². The number of methoxy groups -OCH3 is 1. The van der Waals surface area contributed by atoms with Crippen molar-refractivity contribution in [3.63, 3.8) is 0 Å². The van der Waals surface area contributed by atoms with Crippen LogP contribution in [-0.2, 0) is 26.2 Å². The minimum absolute atomic E-state index is 0.0504. The minimum Gasteiger partial charge on any atom is -0.497 e. The number of nitrogens with one attached hydrogen (secondary N) is 1. The lowest BCUT2D eigenvalue weighted by Crippen LogP contribution is -2.51. The van der Waals surface area contributed by atoms with E-state index in [2.05, 4.69) is 5.32 Å². The largest absolute Gasteiger partial charge is 0.497 e. The maximum absolute atomic E-state index is 13.9. The number of rotatable bonds is 12. The van der Waals surface area contributed by atoms with Crippen LogP contribution in [0.3, 0.4) is 0 Å². The Labute approximate surface area is 225 Å². The number of carbonyl (C=O) groups excluding carboxylic acids is 2. The van der Waals surface area contributed by atoms with Gasteiger partial charge in [0.15, 0.2) is 0 Å². The Morgan fingerprint density at radius 3 is 2.29 bits per heavy atom. The van der Waals surface area contributed by atoms with Crippen LogP contribution in [0.25, 0.3) is 0 Å². The van der Waals surface area contributed by atoms with Crippen LogP contribution in [0, 0.1) is 6.92 Å². The van der Waals surface area contributed by atoms with E-state index in [9.17, 15) is 18.0 Å². The standard InChI is InChI=1S/C29H35N3O5S/c1-5-18-30-29(34)23(3)31(20-24-16-14-22(2)15-17-24)28(33)21-32(25-10-9-11-26(19-25)37-4)38(35,36)27-12-7-6-8-13-27/h6-17,19,23H,5,18,20-21H2,1-4H3,(H,30,34). The van der Waals surface area contributed by atoms with Gasteiger partial charge in [-0.05, 0) is 50.1 Å². The summed E-state index contributed by atoms with van der Waals surface area (Å²) >= 11 is 0. The maximum Gasteiger partial charge on any atom is 0.264 e. The van der Waals surface area contributed by atoms with Crippen molar-refractivity contribution in [1.29, 1.82) is 0 Å².